The minimum atomic E-state index is -0.477. The van der Waals surface area contributed by atoms with Crippen molar-refractivity contribution in [3.05, 3.63) is 95.5 Å². The molecule has 1 unspecified atom stereocenters. The Bertz CT molecular complexity index is 1430. The number of carbonyl (C=O) groups excluding carboxylic acids is 1. The van der Waals surface area contributed by atoms with Crippen LogP contribution in [-0.4, -0.2) is 29.5 Å². The van der Waals surface area contributed by atoms with Crippen molar-refractivity contribution in [3.8, 4) is 17.1 Å². The van der Waals surface area contributed by atoms with Gasteiger partial charge in [-0.05, 0) is 56.0 Å². The van der Waals surface area contributed by atoms with Crippen LogP contribution < -0.4 is 15.0 Å². The zero-order valence-electron chi connectivity index (χ0n) is 20.5. The molecule has 8 heteroatoms. The fourth-order valence-corrected chi connectivity index (χ4v) is 4.73. The van der Waals surface area contributed by atoms with Gasteiger partial charge in [0.15, 0.2) is 0 Å². The minimum Gasteiger partial charge on any atom is -0.497 e. The number of aryl methyl sites for hydroxylation is 1. The SMILES string of the molecule is COc1ccc(C2NC(=O)N(c3cccc(SC)c3)C(C)=C2c2nc(-c3ccc(C)cc3)no2)cc1. The first-order valence-electron chi connectivity index (χ1n) is 11.5. The Morgan fingerprint density at radius 3 is 2.47 bits per heavy atom. The quantitative estimate of drug-likeness (QED) is 0.307. The van der Waals surface area contributed by atoms with E-state index in [1.54, 1.807) is 23.8 Å². The number of nitrogens with zero attached hydrogens (tertiary/aromatic N) is 3. The van der Waals surface area contributed by atoms with E-state index in [4.69, 9.17) is 14.2 Å². The van der Waals surface area contributed by atoms with E-state index >= 15 is 0 Å². The highest BCUT2D eigenvalue weighted by Crippen LogP contribution is 2.40. The summed E-state index contributed by atoms with van der Waals surface area (Å²) < 4.78 is 11.1. The molecular weight excluding hydrogens is 472 g/mol. The van der Waals surface area contributed by atoms with Gasteiger partial charge in [-0.2, -0.15) is 4.98 Å². The Morgan fingerprint density at radius 1 is 1.03 bits per heavy atom. The highest BCUT2D eigenvalue weighted by atomic mass is 32.2. The second-order valence-corrected chi connectivity index (χ2v) is 9.36. The molecule has 0 spiro atoms. The van der Waals surface area contributed by atoms with Gasteiger partial charge in [0.05, 0.1) is 24.4 Å². The Kier molecular flexibility index (Phi) is 6.52. The number of benzene rings is 3. The maximum absolute atomic E-state index is 13.4. The van der Waals surface area contributed by atoms with Crippen molar-refractivity contribution in [2.45, 2.75) is 24.8 Å². The van der Waals surface area contributed by atoms with Crippen LogP contribution in [-0.2, 0) is 0 Å². The predicted octanol–water partition coefficient (Wildman–Crippen LogP) is 6.48. The topological polar surface area (TPSA) is 80.5 Å². The number of thioether (sulfide) groups is 1. The third-order valence-electron chi connectivity index (χ3n) is 6.21. The fraction of sp³-hybridized carbons (Fsp3) is 0.179. The molecule has 4 aromatic rings. The number of anilines is 1. The average molecular weight is 499 g/mol. The van der Waals surface area contributed by atoms with Crippen LogP contribution in [0.4, 0.5) is 10.5 Å². The van der Waals surface area contributed by atoms with Crippen LogP contribution in [0.15, 0.2) is 87.9 Å². The second-order valence-electron chi connectivity index (χ2n) is 8.48. The van der Waals surface area contributed by atoms with E-state index in [2.05, 4.69) is 10.5 Å². The minimum absolute atomic E-state index is 0.228. The van der Waals surface area contributed by atoms with Crippen LogP contribution in [0.1, 0.15) is 30.0 Å². The third-order valence-corrected chi connectivity index (χ3v) is 6.94. The van der Waals surface area contributed by atoms with Gasteiger partial charge in [0.1, 0.15) is 5.75 Å². The summed E-state index contributed by atoms with van der Waals surface area (Å²) in [6.07, 6.45) is 2.01. The lowest BCUT2D eigenvalue weighted by Gasteiger charge is -2.35. The highest BCUT2D eigenvalue weighted by Gasteiger charge is 2.36. The fourth-order valence-electron chi connectivity index (χ4n) is 4.28. The van der Waals surface area contributed by atoms with Crippen LogP contribution in [0.5, 0.6) is 5.75 Å². The Hall–Kier alpha value is -4.04. The molecular formula is C28H26N4O3S. The number of allylic oxidation sites excluding steroid dienone is 1. The zero-order chi connectivity index (χ0) is 25.2. The molecule has 2 amide bonds. The summed E-state index contributed by atoms with van der Waals surface area (Å²) in [4.78, 5) is 20.9. The van der Waals surface area contributed by atoms with Gasteiger partial charge in [-0.15, -0.1) is 11.8 Å². The normalized spacial score (nSPS) is 15.7. The lowest BCUT2D eigenvalue weighted by Crippen LogP contribution is -2.46. The highest BCUT2D eigenvalue weighted by molar-refractivity contribution is 7.98. The van der Waals surface area contributed by atoms with Crippen LogP contribution in [0.25, 0.3) is 17.0 Å². The van der Waals surface area contributed by atoms with Crippen LogP contribution in [0.2, 0.25) is 0 Å². The third kappa shape index (κ3) is 4.47. The summed E-state index contributed by atoms with van der Waals surface area (Å²) in [5, 5.41) is 7.40. The van der Waals surface area contributed by atoms with Crippen molar-refractivity contribution >= 4 is 29.1 Å². The zero-order valence-corrected chi connectivity index (χ0v) is 21.3. The van der Waals surface area contributed by atoms with E-state index in [1.807, 2.05) is 92.9 Å². The van der Waals surface area contributed by atoms with Gasteiger partial charge < -0.3 is 14.6 Å². The lowest BCUT2D eigenvalue weighted by atomic mass is 9.94. The van der Waals surface area contributed by atoms with Gasteiger partial charge >= 0.3 is 6.03 Å². The molecule has 36 heavy (non-hydrogen) atoms. The summed E-state index contributed by atoms with van der Waals surface area (Å²) in [5.41, 5.74) is 5.11. The maximum atomic E-state index is 13.4. The molecule has 182 valence electrons. The summed E-state index contributed by atoms with van der Waals surface area (Å²) in [6, 6.07) is 22.7. The van der Waals surface area contributed by atoms with Gasteiger partial charge in [0, 0.05) is 16.2 Å². The molecule has 1 aliphatic heterocycles. The smallest absolute Gasteiger partial charge is 0.326 e. The number of carbonyl (C=O) groups is 1. The summed E-state index contributed by atoms with van der Waals surface area (Å²) in [6.45, 7) is 3.94. The lowest BCUT2D eigenvalue weighted by molar-refractivity contribution is 0.244. The number of methoxy groups -OCH3 is 1. The molecule has 1 atom stereocenters. The molecule has 3 aromatic carbocycles. The first-order chi connectivity index (χ1) is 17.5. The summed E-state index contributed by atoms with van der Waals surface area (Å²) in [5.74, 6) is 1.58. The Labute approximate surface area is 214 Å². The van der Waals surface area contributed by atoms with Crippen LogP contribution in [0.3, 0.4) is 0 Å². The molecule has 0 saturated heterocycles. The van der Waals surface area contributed by atoms with Crippen molar-refractivity contribution in [1.82, 2.24) is 15.5 Å². The average Bonchev–Trinajstić information content (AvgIpc) is 3.38. The molecule has 1 aromatic heterocycles. The number of rotatable bonds is 6. The number of aromatic nitrogens is 2. The number of hydrogen-bond donors (Lipinski definition) is 1. The number of urea groups is 1. The summed E-state index contributed by atoms with van der Waals surface area (Å²) in [7, 11) is 1.62. The van der Waals surface area contributed by atoms with Gasteiger partial charge in [0.2, 0.25) is 5.82 Å². The Morgan fingerprint density at radius 2 is 1.78 bits per heavy atom. The number of nitrogens with one attached hydrogen (secondary N) is 1. The molecule has 0 fully saturated rings. The van der Waals surface area contributed by atoms with E-state index < -0.39 is 6.04 Å². The van der Waals surface area contributed by atoms with E-state index in [-0.39, 0.29) is 6.03 Å². The molecule has 5 rings (SSSR count). The largest absolute Gasteiger partial charge is 0.497 e. The van der Waals surface area contributed by atoms with Crippen molar-refractivity contribution in [2.75, 3.05) is 18.3 Å². The second kappa shape index (κ2) is 9.91. The molecule has 0 bridgehead atoms. The predicted molar refractivity (Wildman–Crippen MR) is 142 cm³/mol. The molecule has 1 aliphatic rings. The number of ether oxygens (including phenoxy) is 1. The van der Waals surface area contributed by atoms with Gasteiger partial charge in [-0.3, -0.25) is 4.90 Å². The van der Waals surface area contributed by atoms with Crippen molar-refractivity contribution in [1.29, 1.82) is 0 Å². The first-order valence-corrected chi connectivity index (χ1v) is 12.7. The van der Waals surface area contributed by atoms with Crippen LogP contribution in [0, 0.1) is 6.92 Å². The molecule has 1 N–H and O–H groups in total. The molecule has 0 saturated carbocycles. The van der Waals surface area contributed by atoms with Crippen LogP contribution >= 0.6 is 11.8 Å². The van der Waals surface area contributed by atoms with Crippen molar-refractivity contribution in [3.63, 3.8) is 0 Å². The van der Waals surface area contributed by atoms with E-state index in [0.717, 1.165) is 44.3 Å². The molecule has 7 nitrogen and oxygen atoms in total. The Balaban J connectivity index is 1.64. The number of amides is 2. The van der Waals surface area contributed by atoms with E-state index in [0.29, 0.717) is 11.7 Å². The van der Waals surface area contributed by atoms with E-state index in [9.17, 15) is 4.79 Å². The summed E-state index contributed by atoms with van der Waals surface area (Å²) >= 11 is 1.62. The standard InChI is InChI=1S/C28H26N4O3S/c1-17-8-10-20(11-9-17)26-30-27(35-31-26)24-18(2)32(21-6-5-7-23(16-21)36-4)28(33)29-25(24)19-12-14-22(34-3)15-13-19/h5-16,25H,1-4H3,(H,29,33). The molecule has 0 radical (unpaired) electrons. The molecule has 0 aliphatic carbocycles. The first kappa shape index (κ1) is 23.7. The number of hydrogen-bond acceptors (Lipinski definition) is 6. The van der Waals surface area contributed by atoms with Gasteiger partial charge in [-0.1, -0.05) is 53.2 Å². The maximum Gasteiger partial charge on any atom is 0.326 e. The van der Waals surface area contributed by atoms with Crippen molar-refractivity contribution < 1.29 is 14.1 Å². The van der Waals surface area contributed by atoms with Gasteiger partial charge in [0.25, 0.3) is 5.89 Å². The monoisotopic (exact) mass is 498 g/mol. The van der Waals surface area contributed by atoms with Crippen molar-refractivity contribution in [2.24, 2.45) is 0 Å². The van der Waals surface area contributed by atoms with Gasteiger partial charge in [-0.25, -0.2) is 4.79 Å². The molecule has 2 heterocycles. The van der Waals surface area contributed by atoms with E-state index in [1.165, 1.54) is 0 Å².